The third-order valence-electron chi connectivity index (χ3n) is 3.35. The highest BCUT2D eigenvalue weighted by molar-refractivity contribution is 5.42. The van der Waals surface area contributed by atoms with E-state index in [0.717, 1.165) is 17.9 Å². The van der Waals surface area contributed by atoms with Crippen molar-refractivity contribution in [2.45, 2.75) is 45.3 Å². The Morgan fingerprint density at radius 2 is 2.31 bits per heavy atom. The van der Waals surface area contributed by atoms with E-state index in [9.17, 15) is 5.11 Å². The number of hydrogen-bond acceptors (Lipinski definition) is 3. The van der Waals surface area contributed by atoms with E-state index >= 15 is 0 Å². The van der Waals surface area contributed by atoms with Crippen LogP contribution in [0.15, 0.2) is 18.3 Å². The van der Waals surface area contributed by atoms with Crippen LogP contribution in [0.2, 0.25) is 0 Å². The third kappa shape index (κ3) is 2.35. The minimum absolute atomic E-state index is 0.415. The highest BCUT2D eigenvalue weighted by atomic mass is 16.3. The van der Waals surface area contributed by atoms with Gasteiger partial charge in [-0.15, -0.1) is 0 Å². The molecule has 0 aliphatic carbocycles. The van der Waals surface area contributed by atoms with E-state index in [-0.39, 0.29) is 0 Å². The lowest BCUT2D eigenvalue weighted by molar-refractivity contribution is 0.199. The summed E-state index contributed by atoms with van der Waals surface area (Å²) in [7, 11) is 0. The fourth-order valence-corrected chi connectivity index (χ4v) is 2.29. The van der Waals surface area contributed by atoms with E-state index in [1.54, 1.807) is 13.1 Å². The molecule has 0 radical (unpaired) electrons. The summed E-state index contributed by atoms with van der Waals surface area (Å²) in [4.78, 5) is 6.75. The summed E-state index contributed by atoms with van der Waals surface area (Å²) in [5.41, 5.74) is 0.947. The van der Waals surface area contributed by atoms with E-state index in [2.05, 4.69) is 16.8 Å². The lowest BCUT2D eigenvalue weighted by atomic mass is 10.0. The Bertz CT molecular complexity index is 352. The van der Waals surface area contributed by atoms with Crippen LogP contribution in [0.1, 0.15) is 44.8 Å². The Balaban J connectivity index is 2.21. The molecule has 1 fully saturated rings. The molecule has 0 spiro atoms. The lowest BCUT2D eigenvalue weighted by Crippen LogP contribution is -2.38. The first-order valence-electron chi connectivity index (χ1n) is 6.09. The van der Waals surface area contributed by atoms with Crippen molar-refractivity contribution in [3.63, 3.8) is 0 Å². The summed E-state index contributed by atoms with van der Waals surface area (Å²) in [6.07, 6.45) is 5.17. The van der Waals surface area contributed by atoms with Crippen molar-refractivity contribution in [3.05, 3.63) is 23.9 Å². The number of pyridine rings is 1. The Morgan fingerprint density at radius 1 is 1.50 bits per heavy atom. The Labute approximate surface area is 97.1 Å². The number of hydrogen-bond donors (Lipinski definition) is 1. The highest BCUT2D eigenvalue weighted by Crippen LogP contribution is 2.24. The molecule has 1 aromatic heterocycles. The molecule has 1 unspecified atom stereocenters. The Kier molecular flexibility index (Phi) is 3.44. The zero-order chi connectivity index (χ0) is 11.5. The molecule has 0 bridgehead atoms. The maximum Gasteiger partial charge on any atom is 0.129 e. The summed E-state index contributed by atoms with van der Waals surface area (Å²) >= 11 is 0. The monoisotopic (exact) mass is 220 g/mol. The van der Waals surface area contributed by atoms with E-state index in [4.69, 9.17) is 0 Å². The van der Waals surface area contributed by atoms with Gasteiger partial charge in [0.15, 0.2) is 0 Å². The standard InChI is InChI=1S/C13H20N2O/c1-10-5-3-4-8-15(10)13-9-12(11(2)16)6-7-14-13/h6-7,9-11,16H,3-5,8H2,1-2H3/t10?,11-/m1/s1. The number of piperidine rings is 1. The molecular weight excluding hydrogens is 200 g/mol. The second kappa shape index (κ2) is 4.83. The normalized spacial score (nSPS) is 23.2. The molecule has 1 N–H and O–H groups in total. The van der Waals surface area contributed by atoms with Gasteiger partial charge >= 0.3 is 0 Å². The highest BCUT2D eigenvalue weighted by Gasteiger charge is 2.19. The first-order chi connectivity index (χ1) is 7.68. The van der Waals surface area contributed by atoms with Crippen molar-refractivity contribution >= 4 is 5.82 Å². The minimum Gasteiger partial charge on any atom is -0.389 e. The predicted molar refractivity (Wildman–Crippen MR) is 65.5 cm³/mol. The number of aliphatic hydroxyl groups excluding tert-OH is 1. The van der Waals surface area contributed by atoms with Crippen LogP contribution in [0, 0.1) is 0 Å². The van der Waals surface area contributed by atoms with Crippen LogP contribution in [0.4, 0.5) is 5.82 Å². The van der Waals surface area contributed by atoms with E-state index in [1.807, 2.05) is 12.1 Å². The van der Waals surface area contributed by atoms with Crippen molar-refractivity contribution < 1.29 is 5.11 Å². The molecule has 2 atom stereocenters. The van der Waals surface area contributed by atoms with Gasteiger partial charge < -0.3 is 10.0 Å². The SMILES string of the molecule is CC1CCCCN1c1cc([C@@H](C)O)ccn1. The average Bonchev–Trinajstić information content (AvgIpc) is 2.30. The number of anilines is 1. The molecule has 3 nitrogen and oxygen atoms in total. The molecule has 2 rings (SSSR count). The van der Waals surface area contributed by atoms with Crippen molar-refractivity contribution in [2.75, 3.05) is 11.4 Å². The zero-order valence-corrected chi connectivity index (χ0v) is 10.1. The fraction of sp³-hybridized carbons (Fsp3) is 0.615. The first kappa shape index (κ1) is 11.4. The summed E-state index contributed by atoms with van der Waals surface area (Å²) in [5.74, 6) is 1.01. The second-order valence-corrected chi connectivity index (χ2v) is 4.66. The average molecular weight is 220 g/mol. The molecular formula is C13H20N2O. The van der Waals surface area contributed by atoms with Crippen LogP contribution in [0.5, 0.6) is 0 Å². The molecule has 2 heterocycles. The van der Waals surface area contributed by atoms with Crippen molar-refractivity contribution in [1.29, 1.82) is 0 Å². The molecule has 1 aromatic rings. The molecule has 1 aliphatic rings. The zero-order valence-electron chi connectivity index (χ0n) is 10.1. The van der Waals surface area contributed by atoms with Crippen molar-refractivity contribution in [2.24, 2.45) is 0 Å². The summed E-state index contributed by atoms with van der Waals surface area (Å²) in [6, 6.07) is 4.44. The van der Waals surface area contributed by atoms with E-state index in [1.165, 1.54) is 19.3 Å². The minimum atomic E-state index is -0.415. The quantitative estimate of drug-likeness (QED) is 0.832. The van der Waals surface area contributed by atoms with Crippen LogP contribution in [0.3, 0.4) is 0 Å². The van der Waals surface area contributed by atoms with Gasteiger partial charge in [-0.3, -0.25) is 0 Å². The van der Waals surface area contributed by atoms with Gasteiger partial charge in [0.1, 0.15) is 5.82 Å². The van der Waals surface area contributed by atoms with Gasteiger partial charge in [0.25, 0.3) is 0 Å². The molecule has 1 aliphatic heterocycles. The van der Waals surface area contributed by atoms with Crippen LogP contribution >= 0.6 is 0 Å². The Morgan fingerprint density at radius 3 is 3.00 bits per heavy atom. The van der Waals surface area contributed by atoms with Gasteiger partial charge in [-0.25, -0.2) is 4.98 Å². The lowest BCUT2D eigenvalue weighted by Gasteiger charge is -2.34. The van der Waals surface area contributed by atoms with E-state index in [0.29, 0.717) is 6.04 Å². The predicted octanol–water partition coefficient (Wildman–Crippen LogP) is 2.51. The molecule has 0 aromatic carbocycles. The number of nitrogens with zero attached hydrogens (tertiary/aromatic N) is 2. The largest absolute Gasteiger partial charge is 0.389 e. The van der Waals surface area contributed by atoms with Crippen LogP contribution in [0.25, 0.3) is 0 Å². The van der Waals surface area contributed by atoms with Gasteiger partial charge in [-0.05, 0) is 50.8 Å². The second-order valence-electron chi connectivity index (χ2n) is 4.66. The van der Waals surface area contributed by atoms with Gasteiger partial charge in [0.05, 0.1) is 6.10 Å². The van der Waals surface area contributed by atoms with E-state index < -0.39 is 6.10 Å². The number of rotatable bonds is 2. The molecule has 1 saturated heterocycles. The third-order valence-corrected chi connectivity index (χ3v) is 3.35. The summed E-state index contributed by atoms with van der Waals surface area (Å²) < 4.78 is 0. The van der Waals surface area contributed by atoms with Crippen LogP contribution in [-0.4, -0.2) is 22.7 Å². The number of aromatic nitrogens is 1. The smallest absolute Gasteiger partial charge is 0.129 e. The fourth-order valence-electron chi connectivity index (χ4n) is 2.29. The topological polar surface area (TPSA) is 36.4 Å². The number of aliphatic hydroxyl groups is 1. The molecule has 0 saturated carbocycles. The first-order valence-corrected chi connectivity index (χ1v) is 6.09. The summed E-state index contributed by atoms with van der Waals surface area (Å²) in [6.45, 7) is 5.12. The van der Waals surface area contributed by atoms with Crippen molar-refractivity contribution in [1.82, 2.24) is 4.98 Å². The molecule has 3 heteroatoms. The van der Waals surface area contributed by atoms with Crippen LogP contribution in [-0.2, 0) is 0 Å². The maximum absolute atomic E-state index is 9.57. The molecule has 0 amide bonds. The maximum atomic E-state index is 9.57. The summed E-state index contributed by atoms with van der Waals surface area (Å²) in [5, 5.41) is 9.57. The van der Waals surface area contributed by atoms with Gasteiger partial charge in [-0.2, -0.15) is 0 Å². The van der Waals surface area contributed by atoms with Gasteiger partial charge in [0, 0.05) is 18.8 Å². The molecule has 16 heavy (non-hydrogen) atoms. The van der Waals surface area contributed by atoms with Gasteiger partial charge in [0.2, 0.25) is 0 Å². The van der Waals surface area contributed by atoms with Gasteiger partial charge in [-0.1, -0.05) is 0 Å². The van der Waals surface area contributed by atoms with Crippen molar-refractivity contribution in [3.8, 4) is 0 Å². The Hall–Kier alpha value is -1.09. The van der Waals surface area contributed by atoms with Crippen LogP contribution < -0.4 is 4.90 Å². The molecule has 88 valence electrons.